The quantitative estimate of drug-likeness (QED) is 0.284. The molecular formula is C18H22NO7P. The van der Waals surface area contributed by atoms with Gasteiger partial charge >= 0.3 is 13.7 Å². The first-order valence-corrected chi connectivity index (χ1v) is 9.79. The molecule has 27 heavy (non-hydrogen) atoms. The van der Waals surface area contributed by atoms with E-state index in [1.54, 1.807) is 44.2 Å². The van der Waals surface area contributed by atoms with Gasteiger partial charge < -0.3 is 18.7 Å². The van der Waals surface area contributed by atoms with Crippen LogP contribution in [0, 0.1) is 0 Å². The lowest BCUT2D eigenvalue weighted by Crippen LogP contribution is -2.36. The van der Waals surface area contributed by atoms with Crippen LogP contribution in [-0.4, -0.2) is 23.4 Å². The van der Waals surface area contributed by atoms with E-state index in [1.807, 2.05) is 0 Å². The maximum atomic E-state index is 13.3. The van der Waals surface area contributed by atoms with Crippen LogP contribution in [0.1, 0.15) is 20.8 Å². The van der Waals surface area contributed by atoms with Gasteiger partial charge in [0, 0.05) is 0 Å². The molecule has 2 aromatic carbocycles. The lowest BCUT2D eigenvalue weighted by Gasteiger charge is -2.23. The first-order chi connectivity index (χ1) is 12.8. The summed E-state index contributed by atoms with van der Waals surface area (Å²) in [4.78, 5) is 16.2. The Balaban J connectivity index is 2.21. The zero-order valence-electron chi connectivity index (χ0n) is 15.2. The average Bonchev–Trinajstić information content (AvgIpc) is 2.62. The van der Waals surface area contributed by atoms with Crippen molar-refractivity contribution in [3.05, 3.63) is 54.6 Å². The summed E-state index contributed by atoms with van der Waals surface area (Å²) in [5.41, 5.74) is 0. The largest absolute Gasteiger partial charge is 0.513 e. The molecule has 0 spiro atoms. The first kappa shape index (κ1) is 20.8. The summed E-state index contributed by atoms with van der Waals surface area (Å²) in [6.45, 7) is 4.93. The van der Waals surface area contributed by atoms with Crippen molar-refractivity contribution in [3.63, 3.8) is 0 Å². The fourth-order valence-corrected chi connectivity index (χ4v) is 3.54. The number of ether oxygens (including phenoxy) is 1. The Morgan fingerprint density at radius 1 is 0.926 bits per heavy atom. The predicted molar refractivity (Wildman–Crippen MR) is 98.8 cm³/mol. The average molecular weight is 395 g/mol. The highest BCUT2D eigenvalue weighted by atomic mass is 31.2. The third-order valence-electron chi connectivity index (χ3n) is 3.18. The lowest BCUT2D eigenvalue weighted by atomic mass is 10.3. The van der Waals surface area contributed by atoms with Gasteiger partial charge in [-0.25, -0.2) is 9.82 Å². The summed E-state index contributed by atoms with van der Waals surface area (Å²) < 4.78 is 29.4. The molecular weight excluding hydrogens is 373 g/mol. The Bertz CT molecular complexity index is 780. The highest BCUT2D eigenvalue weighted by Crippen LogP contribution is 2.45. The van der Waals surface area contributed by atoms with Crippen LogP contribution in [0.15, 0.2) is 54.6 Å². The minimum absolute atomic E-state index is 0.183. The Kier molecular flexibility index (Phi) is 7.24. The van der Waals surface area contributed by atoms with Gasteiger partial charge in [0.15, 0.2) is 5.75 Å². The van der Waals surface area contributed by atoms with Gasteiger partial charge in [0.25, 0.3) is 0 Å². The molecule has 0 unspecified atom stereocenters. The number of para-hydroxylation sites is 1. The van der Waals surface area contributed by atoms with Gasteiger partial charge in [-0.15, -0.1) is 0 Å². The van der Waals surface area contributed by atoms with Gasteiger partial charge in [-0.1, -0.05) is 18.2 Å². The number of rotatable bonds is 9. The molecule has 0 bridgehead atoms. The molecule has 2 rings (SSSR count). The number of benzene rings is 2. The van der Waals surface area contributed by atoms with Crippen molar-refractivity contribution in [3.8, 4) is 17.2 Å². The number of hydrogen-bond acceptors (Lipinski definition) is 7. The molecule has 2 N–H and O–H groups in total. The van der Waals surface area contributed by atoms with Crippen LogP contribution in [-0.2, 0) is 14.1 Å². The second-order valence-electron chi connectivity index (χ2n) is 5.89. The van der Waals surface area contributed by atoms with Crippen LogP contribution >= 0.6 is 7.75 Å². The van der Waals surface area contributed by atoms with E-state index >= 15 is 0 Å². The zero-order chi connectivity index (χ0) is 19.9. The van der Waals surface area contributed by atoms with E-state index in [2.05, 4.69) is 9.97 Å². The third-order valence-corrected chi connectivity index (χ3v) is 4.79. The molecule has 0 heterocycles. The zero-order valence-corrected chi connectivity index (χ0v) is 16.1. The number of hydrogen-bond donors (Lipinski definition) is 2. The van der Waals surface area contributed by atoms with E-state index in [9.17, 15) is 9.36 Å². The van der Waals surface area contributed by atoms with Gasteiger partial charge in [0.05, 0.1) is 6.10 Å². The highest BCUT2D eigenvalue weighted by molar-refractivity contribution is 7.52. The molecule has 0 aromatic heterocycles. The van der Waals surface area contributed by atoms with Gasteiger partial charge in [-0.2, -0.15) is 5.09 Å². The first-order valence-electron chi connectivity index (χ1n) is 8.25. The normalized spacial score (nSPS) is 14.1. The minimum Gasteiger partial charge on any atom is -0.462 e. The van der Waals surface area contributed by atoms with E-state index in [0.717, 1.165) is 0 Å². The monoisotopic (exact) mass is 395 g/mol. The molecule has 0 saturated heterocycles. The van der Waals surface area contributed by atoms with Crippen molar-refractivity contribution < 1.29 is 33.3 Å². The molecule has 8 nitrogen and oxygen atoms in total. The van der Waals surface area contributed by atoms with E-state index in [1.165, 1.54) is 31.2 Å². The molecule has 146 valence electrons. The standard InChI is InChI=1S/C18H22NO7P/c1-13(2)23-18(20)14(3)19-27(22,25-16-7-5-4-6-8-16)26-17-11-9-15(24-21)10-12-17/h4-14,21H,1-3H3,(H,19,22)/t14-,27+/m0/s1. The SMILES string of the molecule is CC(C)OC(=O)[C@H](C)N[P@@](=O)(Oc1ccccc1)Oc1ccc(OO)cc1. The van der Waals surface area contributed by atoms with Gasteiger partial charge in [-0.05, 0) is 57.2 Å². The van der Waals surface area contributed by atoms with Crippen LogP contribution in [0.25, 0.3) is 0 Å². The highest BCUT2D eigenvalue weighted by Gasteiger charge is 2.34. The fourth-order valence-electron chi connectivity index (χ4n) is 2.02. The maximum absolute atomic E-state index is 13.3. The number of carbonyl (C=O) groups is 1. The maximum Gasteiger partial charge on any atom is 0.513 e. The summed E-state index contributed by atoms with van der Waals surface area (Å²) >= 11 is 0. The second-order valence-corrected chi connectivity index (χ2v) is 7.51. The summed E-state index contributed by atoms with van der Waals surface area (Å²) in [6, 6.07) is 13.2. The smallest absolute Gasteiger partial charge is 0.462 e. The minimum atomic E-state index is -3.99. The summed E-state index contributed by atoms with van der Waals surface area (Å²) in [5.74, 6) is 0.0811. The topological polar surface area (TPSA) is 103 Å². The number of esters is 1. The molecule has 0 fully saturated rings. The van der Waals surface area contributed by atoms with Crippen molar-refractivity contribution in [2.45, 2.75) is 32.9 Å². The fraction of sp³-hybridized carbons (Fsp3) is 0.278. The van der Waals surface area contributed by atoms with Crippen LogP contribution in [0.2, 0.25) is 0 Å². The third kappa shape index (κ3) is 6.60. The molecule has 0 amide bonds. The Hall–Kier alpha value is -2.54. The van der Waals surface area contributed by atoms with Crippen molar-refractivity contribution in [1.82, 2.24) is 5.09 Å². The van der Waals surface area contributed by atoms with Crippen molar-refractivity contribution in [1.29, 1.82) is 0 Å². The van der Waals surface area contributed by atoms with Crippen molar-refractivity contribution in [2.24, 2.45) is 0 Å². The summed E-state index contributed by atoms with van der Waals surface area (Å²) in [5, 5.41) is 11.2. The van der Waals surface area contributed by atoms with Crippen molar-refractivity contribution in [2.75, 3.05) is 0 Å². The molecule has 2 aromatic rings. The van der Waals surface area contributed by atoms with Crippen molar-refractivity contribution >= 4 is 13.7 Å². The van der Waals surface area contributed by atoms with E-state index < -0.39 is 19.8 Å². The predicted octanol–water partition coefficient (Wildman–Crippen LogP) is 4.03. The number of carbonyl (C=O) groups excluding carboxylic acids is 1. The Morgan fingerprint density at radius 2 is 1.44 bits per heavy atom. The molecule has 2 atom stereocenters. The lowest BCUT2D eigenvalue weighted by molar-refractivity contribution is -0.149. The van der Waals surface area contributed by atoms with Crippen LogP contribution in [0.4, 0.5) is 0 Å². The number of nitrogens with one attached hydrogen (secondary N) is 1. The van der Waals surface area contributed by atoms with Crippen LogP contribution in [0.5, 0.6) is 17.2 Å². The molecule has 0 radical (unpaired) electrons. The van der Waals surface area contributed by atoms with Gasteiger partial charge in [-0.3, -0.25) is 4.79 Å². The Labute approximate surface area is 157 Å². The van der Waals surface area contributed by atoms with Gasteiger partial charge in [0.2, 0.25) is 0 Å². The Morgan fingerprint density at radius 3 is 1.96 bits per heavy atom. The van der Waals surface area contributed by atoms with Gasteiger partial charge in [0.1, 0.15) is 17.5 Å². The van der Waals surface area contributed by atoms with E-state index in [4.69, 9.17) is 19.0 Å². The molecule has 0 saturated carbocycles. The molecule has 0 aliphatic carbocycles. The molecule has 0 aliphatic heterocycles. The van der Waals surface area contributed by atoms with E-state index in [0.29, 0.717) is 5.75 Å². The van der Waals surface area contributed by atoms with E-state index in [-0.39, 0.29) is 17.6 Å². The summed E-state index contributed by atoms with van der Waals surface area (Å²) in [6.07, 6.45) is -0.317. The molecule has 0 aliphatic rings. The van der Waals surface area contributed by atoms with Crippen LogP contribution in [0.3, 0.4) is 0 Å². The molecule has 9 heteroatoms. The second kappa shape index (κ2) is 9.41. The summed E-state index contributed by atoms with van der Waals surface area (Å²) in [7, 11) is -3.99. The van der Waals surface area contributed by atoms with Crippen LogP contribution < -0.4 is 19.0 Å².